The fraction of sp³-hybridized carbons (Fsp3) is 0.714. The Balaban J connectivity index is 2.77. The average molecular weight is 217 g/mol. The van der Waals surface area contributed by atoms with E-state index in [1.54, 1.807) is 0 Å². The Morgan fingerprint density at radius 3 is 2.81 bits per heavy atom. The molecule has 1 aliphatic rings. The number of terminal acetylenes is 1. The third-order valence-corrected chi connectivity index (χ3v) is 4.03. The highest BCUT2D eigenvalue weighted by Crippen LogP contribution is 2.32. The minimum atomic E-state index is 0.171. The van der Waals surface area contributed by atoms with Crippen molar-refractivity contribution in [1.82, 2.24) is 4.90 Å². The molecular formula is C14H24BN. The molecule has 0 N–H and O–H groups in total. The Bertz CT molecular complexity index is 281. The standard InChI is InChI=1S/C14H24BN/c1-5-8-14(4,7-3)16-10-12(6-2)9-13(15)11-16/h1,6,12-13H,2,7-11,15H2,3-4H3. The predicted octanol–water partition coefficient (Wildman–Crippen LogP) is 2.11. The van der Waals surface area contributed by atoms with Crippen molar-refractivity contribution in [3.8, 4) is 12.3 Å². The molecule has 1 saturated heterocycles. The summed E-state index contributed by atoms with van der Waals surface area (Å²) in [7, 11) is 2.33. The second kappa shape index (κ2) is 5.59. The van der Waals surface area contributed by atoms with Gasteiger partial charge in [-0.3, -0.25) is 4.90 Å². The van der Waals surface area contributed by atoms with Crippen LogP contribution in [0, 0.1) is 18.3 Å². The van der Waals surface area contributed by atoms with E-state index >= 15 is 0 Å². The maximum atomic E-state index is 5.50. The van der Waals surface area contributed by atoms with Crippen LogP contribution in [0.1, 0.15) is 33.1 Å². The molecule has 3 atom stereocenters. The van der Waals surface area contributed by atoms with E-state index in [-0.39, 0.29) is 5.54 Å². The summed E-state index contributed by atoms with van der Waals surface area (Å²) in [4.78, 5) is 2.58. The van der Waals surface area contributed by atoms with Crippen molar-refractivity contribution in [2.45, 2.75) is 44.5 Å². The van der Waals surface area contributed by atoms with E-state index in [0.29, 0.717) is 5.92 Å². The Hall–Kier alpha value is -0.675. The Morgan fingerprint density at radius 1 is 1.62 bits per heavy atom. The summed E-state index contributed by atoms with van der Waals surface area (Å²) >= 11 is 0. The second-order valence-electron chi connectivity index (χ2n) is 5.47. The maximum absolute atomic E-state index is 5.50. The van der Waals surface area contributed by atoms with E-state index in [1.165, 1.54) is 13.0 Å². The maximum Gasteiger partial charge on any atom is 0.107 e. The smallest absolute Gasteiger partial charge is 0.107 e. The van der Waals surface area contributed by atoms with Gasteiger partial charge >= 0.3 is 0 Å². The highest BCUT2D eigenvalue weighted by atomic mass is 15.2. The lowest BCUT2D eigenvalue weighted by atomic mass is 9.74. The Kier molecular flexibility index (Phi) is 4.68. The van der Waals surface area contributed by atoms with Crippen molar-refractivity contribution in [2.24, 2.45) is 5.92 Å². The summed E-state index contributed by atoms with van der Waals surface area (Å²) in [6, 6.07) is 0. The van der Waals surface area contributed by atoms with Crippen LogP contribution in [0.15, 0.2) is 12.7 Å². The largest absolute Gasteiger partial charge is 0.297 e. The van der Waals surface area contributed by atoms with E-state index in [0.717, 1.165) is 25.2 Å². The first-order valence-corrected chi connectivity index (χ1v) is 6.36. The van der Waals surface area contributed by atoms with Gasteiger partial charge in [0.15, 0.2) is 0 Å². The molecular weight excluding hydrogens is 193 g/mol. The third kappa shape index (κ3) is 2.92. The molecule has 1 heterocycles. The first-order valence-electron chi connectivity index (χ1n) is 6.36. The minimum Gasteiger partial charge on any atom is -0.297 e. The summed E-state index contributed by atoms with van der Waals surface area (Å²) in [5, 5.41) is 0. The van der Waals surface area contributed by atoms with Crippen LogP contribution >= 0.6 is 0 Å². The van der Waals surface area contributed by atoms with Crippen LogP contribution in [0.25, 0.3) is 0 Å². The lowest BCUT2D eigenvalue weighted by Gasteiger charge is -2.46. The van der Waals surface area contributed by atoms with Gasteiger partial charge in [0.05, 0.1) is 0 Å². The molecule has 0 amide bonds. The molecule has 88 valence electrons. The van der Waals surface area contributed by atoms with Gasteiger partial charge in [0.1, 0.15) is 7.85 Å². The average Bonchev–Trinajstić information content (AvgIpc) is 2.28. The van der Waals surface area contributed by atoms with E-state index in [1.807, 2.05) is 0 Å². The SMILES string of the molecule is BC1CC(C=C)CN(C(C)(CC)CC#C)C1. The van der Waals surface area contributed by atoms with Gasteiger partial charge in [-0.05, 0) is 32.2 Å². The highest BCUT2D eigenvalue weighted by Gasteiger charge is 2.34. The van der Waals surface area contributed by atoms with Crippen LogP contribution < -0.4 is 0 Å². The number of nitrogens with zero attached hydrogens (tertiary/aromatic N) is 1. The first-order chi connectivity index (χ1) is 7.55. The molecule has 1 fully saturated rings. The van der Waals surface area contributed by atoms with Gasteiger partial charge in [-0.25, -0.2) is 0 Å². The molecule has 2 heteroatoms. The third-order valence-electron chi connectivity index (χ3n) is 4.03. The van der Waals surface area contributed by atoms with Gasteiger partial charge in [-0.1, -0.05) is 18.8 Å². The van der Waals surface area contributed by atoms with Crippen molar-refractivity contribution >= 4 is 7.85 Å². The number of hydrogen-bond donors (Lipinski definition) is 0. The number of rotatable bonds is 4. The first kappa shape index (κ1) is 13.4. The zero-order valence-corrected chi connectivity index (χ0v) is 11.0. The van der Waals surface area contributed by atoms with Crippen LogP contribution in [-0.4, -0.2) is 31.4 Å². The Morgan fingerprint density at radius 2 is 2.31 bits per heavy atom. The number of piperidine rings is 1. The van der Waals surface area contributed by atoms with Crippen molar-refractivity contribution in [1.29, 1.82) is 0 Å². The predicted molar refractivity (Wildman–Crippen MR) is 74.3 cm³/mol. The van der Waals surface area contributed by atoms with Crippen LogP contribution in [-0.2, 0) is 0 Å². The zero-order valence-electron chi connectivity index (χ0n) is 11.0. The van der Waals surface area contributed by atoms with Crippen molar-refractivity contribution in [3.05, 3.63) is 12.7 Å². The van der Waals surface area contributed by atoms with Crippen molar-refractivity contribution in [2.75, 3.05) is 13.1 Å². The van der Waals surface area contributed by atoms with Crippen molar-refractivity contribution < 1.29 is 0 Å². The van der Waals surface area contributed by atoms with Gasteiger partial charge in [0.2, 0.25) is 0 Å². The molecule has 0 aromatic heterocycles. The van der Waals surface area contributed by atoms with E-state index < -0.39 is 0 Å². The fourth-order valence-corrected chi connectivity index (χ4v) is 2.69. The topological polar surface area (TPSA) is 3.24 Å². The number of likely N-dealkylation sites (tertiary alicyclic amines) is 1. The highest BCUT2D eigenvalue weighted by molar-refractivity contribution is 6.11. The summed E-state index contributed by atoms with van der Waals surface area (Å²) in [5.41, 5.74) is 0.171. The Labute approximate surface area is 102 Å². The minimum absolute atomic E-state index is 0.171. The normalized spacial score (nSPS) is 30.3. The summed E-state index contributed by atoms with van der Waals surface area (Å²) < 4.78 is 0. The molecule has 0 bridgehead atoms. The molecule has 0 aromatic carbocycles. The molecule has 0 spiro atoms. The van der Waals surface area contributed by atoms with Crippen LogP contribution in [0.4, 0.5) is 0 Å². The summed E-state index contributed by atoms with van der Waals surface area (Å²) in [6.07, 6.45) is 10.8. The van der Waals surface area contributed by atoms with Crippen LogP contribution in [0.2, 0.25) is 5.82 Å². The molecule has 0 aromatic rings. The van der Waals surface area contributed by atoms with Gasteiger partial charge in [0.25, 0.3) is 0 Å². The van der Waals surface area contributed by atoms with Crippen LogP contribution in [0.3, 0.4) is 0 Å². The van der Waals surface area contributed by atoms with Gasteiger partial charge in [-0.15, -0.1) is 18.9 Å². The van der Waals surface area contributed by atoms with Gasteiger partial charge in [-0.2, -0.15) is 0 Å². The molecule has 16 heavy (non-hydrogen) atoms. The van der Waals surface area contributed by atoms with E-state index in [4.69, 9.17) is 6.42 Å². The fourth-order valence-electron chi connectivity index (χ4n) is 2.69. The molecule has 0 aliphatic carbocycles. The van der Waals surface area contributed by atoms with E-state index in [9.17, 15) is 0 Å². The second-order valence-corrected chi connectivity index (χ2v) is 5.47. The van der Waals surface area contributed by atoms with Gasteiger partial charge in [0, 0.05) is 18.5 Å². The molecule has 0 saturated carbocycles. The quantitative estimate of drug-likeness (QED) is 0.396. The van der Waals surface area contributed by atoms with E-state index in [2.05, 4.69) is 45.2 Å². The molecule has 1 nitrogen and oxygen atoms in total. The van der Waals surface area contributed by atoms with Crippen molar-refractivity contribution in [3.63, 3.8) is 0 Å². The van der Waals surface area contributed by atoms with Gasteiger partial charge < -0.3 is 0 Å². The molecule has 0 radical (unpaired) electrons. The molecule has 1 rings (SSSR count). The zero-order chi connectivity index (χ0) is 12.2. The summed E-state index contributed by atoms with van der Waals surface area (Å²) in [5.74, 6) is 4.22. The molecule has 1 aliphatic heterocycles. The summed E-state index contributed by atoms with van der Waals surface area (Å²) in [6.45, 7) is 10.8. The molecule has 3 unspecified atom stereocenters. The van der Waals surface area contributed by atoms with Crippen LogP contribution in [0.5, 0.6) is 0 Å². The lowest BCUT2D eigenvalue weighted by molar-refractivity contribution is 0.0654. The lowest BCUT2D eigenvalue weighted by Crippen LogP contribution is -2.51. The monoisotopic (exact) mass is 217 g/mol. The number of hydrogen-bond acceptors (Lipinski definition) is 1.